The highest BCUT2D eigenvalue weighted by Crippen LogP contribution is 2.07. The van der Waals surface area contributed by atoms with Gasteiger partial charge >= 0.3 is 18.2 Å². The van der Waals surface area contributed by atoms with Crippen LogP contribution < -0.4 is 11.0 Å². The quantitative estimate of drug-likeness (QED) is 0.229. The lowest BCUT2D eigenvalue weighted by atomic mass is 10.3. The minimum atomic E-state index is -0.889. The molecule has 2 N–H and O–H groups in total. The second kappa shape index (κ2) is 13.0. The largest absolute Gasteiger partial charge is 0.445 e. The van der Waals surface area contributed by atoms with Crippen LogP contribution in [0.15, 0.2) is 12.2 Å². The number of imide groups is 1. The van der Waals surface area contributed by atoms with Gasteiger partial charge in [0.1, 0.15) is 19.3 Å². The molecule has 4 amide bonds. The number of hydroxylamine groups is 4. The lowest BCUT2D eigenvalue weighted by molar-refractivity contribution is -0.196. The first kappa shape index (κ1) is 23.8. The summed E-state index contributed by atoms with van der Waals surface area (Å²) in [5.74, 6) is -2.32. The third-order valence-electron chi connectivity index (χ3n) is 3.01. The van der Waals surface area contributed by atoms with Crippen molar-refractivity contribution in [3.63, 3.8) is 0 Å². The van der Waals surface area contributed by atoms with Crippen molar-refractivity contribution in [1.29, 1.82) is 0 Å². The van der Waals surface area contributed by atoms with E-state index < -0.39 is 36.1 Å². The molecule has 0 bridgehead atoms. The van der Waals surface area contributed by atoms with E-state index in [1.807, 2.05) is 11.0 Å². The maximum Gasteiger partial charge on any atom is 0.431 e. The summed E-state index contributed by atoms with van der Waals surface area (Å²) in [6.07, 6.45) is -0.708. The van der Waals surface area contributed by atoms with Gasteiger partial charge in [0.25, 0.3) is 11.8 Å². The van der Waals surface area contributed by atoms with Crippen LogP contribution in [0.25, 0.3) is 0 Å². The summed E-state index contributed by atoms with van der Waals surface area (Å²) in [7, 11) is 2.43. The Bertz CT molecular complexity index is 597. The average Bonchev–Trinajstić information content (AvgIpc) is 2.99. The van der Waals surface area contributed by atoms with E-state index in [0.29, 0.717) is 5.06 Å². The predicted octanol–water partition coefficient (Wildman–Crippen LogP) is -0.890. The lowest BCUT2D eigenvalue weighted by Crippen LogP contribution is -2.34. The predicted molar refractivity (Wildman–Crippen MR) is 89.0 cm³/mol. The molecule has 14 nitrogen and oxygen atoms in total. The number of amides is 4. The number of hydrogen-bond acceptors (Lipinski definition) is 11. The number of nitrogens with one attached hydrogen (secondary N) is 2. The molecule has 0 radical (unpaired) electrons. The number of ether oxygens (including phenoxy) is 3. The Hall–Kier alpha value is -3.23. The fourth-order valence-corrected chi connectivity index (χ4v) is 1.80. The van der Waals surface area contributed by atoms with Crippen molar-refractivity contribution >= 4 is 30.0 Å². The van der Waals surface area contributed by atoms with E-state index in [1.165, 1.54) is 14.2 Å². The van der Waals surface area contributed by atoms with Crippen LogP contribution in [0.3, 0.4) is 0 Å². The van der Waals surface area contributed by atoms with E-state index in [2.05, 4.69) is 14.5 Å². The monoisotopic (exact) mass is 419 g/mol. The van der Waals surface area contributed by atoms with Crippen molar-refractivity contribution in [2.45, 2.75) is 18.9 Å². The molecule has 0 aliphatic carbocycles. The van der Waals surface area contributed by atoms with Gasteiger partial charge in [0.2, 0.25) is 0 Å². The van der Waals surface area contributed by atoms with Gasteiger partial charge in [-0.2, -0.15) is 11.0 Å². The zero-order chi connectivity index (χ0) is 21.6. The van der Waals surface area contributed by atoms with Gasteiger partial charge in [0.05, 0.1) is 20.6 Å². The number of carbonyl (C=O) groups is 5. The van der Waals surface area contributed by atoms with Crippen LogP contribution in [0.1, 0.15) is 12.8 Å². The van der Waals surface area contributed by atoms with Crippen molar-refractivity contribution in [2.24, 2.45) is 0 Å². The third-order valence-corrected chi connectivity index (χ3v) is 3.01. The first-order valence-corrected chi connectivity index (χ1v) is 8.17. The molecule has 0 aromatic rings. The van der Waals surface area contributed by atoms with Gasteiger partial charge in [-0.3, -0.25) is 19.3 Å². The zero-order valence-corrected chi connectivity index (χ0v) is 15.7. The molecule has 1 aliphatic heterocycles. The molecule has 0 saturated heterocycles. The van der Waals surface area contributed by atoms with Crippen LogP contribution in [0.2, 0.25) is 0 Å². The Morgan fingerprint density at radius 3 is 1.97 bits per heavy atom. The summed E-state index contributed by atoms with van der Waals surface area (Å²) < 4.78 is 15.0. The van der Waals surface area contributed by atoms with Gasteiger partial charge in [-0.25, -0.2) is 14.4 Å². The second-order valence-electron chi connectivity index (χ2n) is 5.17. The molecular formula is C15H21N3O11. The maximum absolute atomic E-state index is 11.7. The third kappa shape index (κ3) is 9.50. The number of rotatable bonds is 12. The van der Waals surface area contributed by atoms with Gasteiger partial charge in [0, 0.05) is 18.8 Å². The van der Waals surface area contributed by atoms with E-state index in [9.17, 15) is 24.0 Å². The second-order valence-corrected chi connectivity index (χ2v) is 5.17. The average molecular weight is 419 g/mol. The normalized spacial score (nSPS) is 12.9. The van der Waals surface area contributed by atoms with Crippen molar-refractivity contribution < 1.29 is 52.7 Å². The van der Waals surface area contributed by atoms with Gasteiger partial charge in [0.15, 0.2) is 0 Å². The molecule has 0 saturated carbocycles. The number of hydrogen-bond donors (Lipinski definition) is 2. The summed E-state index contributed by atoms with van der Waals surface area (Å²) in [5.41, 5.74) is 3.85. The molecule has 0 aromatic carbocycles. The lowest BCUT2D eigenvalue weighted by Gasteiger charge is -2.18. The van der Waals surface area contributed by atoms with Crippen molar-refractivity contribution in [1.82, 2.24) is 16.0 Å². The maximum atomic E-state index is 11.7. The molecule has 0 atom stereocenters. The van der Waals surface area contributed by atoms with E-state index in [0.717, 1.165) is 12.2 Å². The summed E-state index contributed by atoms with van der Waals surface area (Å²) in [6.45, 7) is -0.588. The van der Waals surface area contributed by atoms with Gasteiger partial charge in [-0.15, -0.1) is 0 Å². The first-order chi connectivity index (χ1) is 13.9. The SMILES string of the molecule is CONC(=O)OCC(COC(=O)NOC)OCCCC(=O)ON1C(=O)C=CC1=O. The molecule has 162 valence electrons. The summed E-state index contributed by atoms with van der Waals surface area (Å²) >= 11 is 0. The van der Waals surface area contributed by atoms with Crippen LogP contribution in [-0.2, 0) is 43.1 Å². The van der Waals surface area contributed by atoms with E-state index in [1.54, 1.807) is 0 Å². The van der Waals surface area contributed by atoms with Gasteiger partial charge < -0.3 is 19.0 Å². The summed E-state index contributed by atoms with van der Waals surface area (Å²) in [4.78, 5) is 70.1. The molecule has 0 spiro atoms. The molecule has 0 unspecified atom stereocenters. The van der Waals surface area contributed by atoms with Crippen LogP contribution in [0.4, 0.5) is 9.59 Å². The minimum Gasteiger partial charge on any atom is -0.445 e. The molecule has 1 rings (SSSR count). The van der Waals surface area contributed by atoms with Crippen LogP contribution in [-0.4, -0.2) is 75.2 Å². The Balaban J connectivity index is 2.35. The summed E-state index contributed by atoms with van der Waals surface area (Å²) in [5, 5.41) is 0.344. The number of carbonyl (C=O) groups excluding carboxylic acids is 5. The Morgan fingerprint density at radius 2 is 1.48 bits per heavy atom. The zero-order valence-electron chi connectivity index (χ0n) is 15.7. The fourth-order valence-electron chi connectivity index (χ4n) is 1.80. The highest BCUT2D eigenvalue weighted by molar-refractivity contribution is 6.12. The molecule has 0 aromatic heterocycles. The van der Waals surface area contributed by atoms with Crippen molar-refractivity contribution in [2.75, 3.05) is 34.0 Å². The highest BCUT2D eigenvalue weighted by atomic mass is 16.7. The topological polar surface area (TPSA) is 168 Å². The van der Waals surface area contributed by atoms with Crippen molar-refractivity contribution in [3.05, 3.63) is 12.2 Å². The van der Waals surface area contributed by atoms with Gasteiger partial charge in [-0.05, 0) is 6.42 Å². The van der Waals surface area contributed by atoms with E-state index in [-0.39, 0.29) is 32.7 Å². The Labute approximate surface area is 164 Å². The fraction of sp³-hybridized carbons (Fsp3) is 0.533. The molecular weight excluding hydrogens is 398 g/mol. The number of nitrogens with zero attached hydrogens (tertiary/aromatic N) is 1. The smallest absolute Gasteiger partial charge is 0.431 e. The van der Waals surface area contributed by atoms with Crippen LogP contribution in [0, 0.1) is 0 Å². The Kier molecular flexibility index (Phi) is 10.7. The minimum absolute atomic E-state index is 0.00950. The van der Waals surface area contributed by atoms with Crippen LogP contribution in [0.5, 0.6) is 0 Å². The highest BCUT2D eigenvalue weighted by Gasteiger charge is 2.27. The molecule has 0 fully saturated rings. The van der Waals surface area contributed by atoms with Crippen molar-refractivity contribution in [3.8, 4) is 0 Å². The van der Waals surface area contributed by atoms with Crippen LogP contribution >= 0.6 is 0 Å². The molecule has 1 aliphatic rings. The van der Waals surface area contributed by atoms with E-state index in [4.69, 9.17) is 14.2 Å². The summed E-state index contributed by atoms with van der Waals surface area (Å²) in [6, 6.07) is 0. The molecule has 1 heterocycles. The molecule has 29 heavy (non-hydrogen) atoms. The standard InChI is InChI=1S/C15H21N3O11/c1-24-16-14(22)27-8-10(9-28-15(23)17-25-2)26-7-3-4-13(21)29-18-11(19)5-6-12(18)20/h5-6,10H,3-4,7-9H2,1-2H3,(H,16,22)(H,17,23). The van der Waals surface area contributed by atoms with E-state index >= 15 is 0 Å². The van der Waals surface area contributed by atoms with Gasteiger partial charge in [-0.1, -0.05) is 5.06 Å². The first-order valence-electron chi connectivity index (χ1n) is 8.17. The molecule has 14 heteroatoms. The Morgan fingerprint density at radius 1 is 0.966 bits per heavy atom.